The zero-order valence-electron chi connectivity index (χ0n) is 10.8. The Balaban J connectivity index is 1.99. The van der Waals surface area contributed by atoms with Crippen LogP contribution in [0, 0.1) is 0 Å². The molecule has 3 N–H and O–H groups in total. The van der Waals surface area contributed by atoms with E-state index in [4.69, 9.17) is 11.6 Å². The molecule has 0 saturated heterocycles. The highest BCUT2D eigenvalue weighted by atomic mass is 35.5. The Kier molecular flexibility index (Phi) is 4.55. The molecule has 0 fully saturated rings. The average Bonchev–Trinajstić information content (AvgIpc) is 2.42. The van der Waals surface area contributed by atoms with Crippen molar-refractivity contribution in [2.45, 2.75) is 13.0 Å². The largest absolute Gasteiger partial charge is 0.389 e. The first-order valence-corrected chi connectivity index (χ1v) is 6.40. The highest BCUT2D eigenvalue weighted by molar-refractivity contribution is 6.33. The van der Waals surface area contributed by atoms with Crippen molar-refractivity contribution in [1.29, 1.82) is 0 Å². The van der Waals surface area contributed by atoms with Crippen LogP contribution in [-0.2, 0) is 0 Å². The van der Waals surface area contributed by atoms with Gasteiger partial charge in [-0.1, -0.05) is 23.7 Å². The maximum absolute atomic E-state index is 11.8. The molecule has 2 aromatic rings. The van der Waals surface area contributed by atoms with Crippen LogP contribution >= 0.6 is 11.6 Å². The molecule has 0 bridgehead atoms. The fourth-order valence-electron chi connectivity index (χ4n) is 1.59. The van der Waals surface area contributed by atoms with Gasteiger partial charge in [-0.05, 0) is 36.8 Å². The Labute approximate surface area is 121 Å². The van der Waals surface area contributed by atoms with E-state index in [1.54, 1.807) is 49.5 Å². The van der Waals surface area contributed by atoms with Crippen molar-refractivity contribution in [3.8, 4) is 0 Å². The maximum atomic E-state index is 11.8. The van der Waals surface area contributed by atoms with Crippen molar-refractivity contribution in [1.82, 2.24) is 4.98 Å². The summed E-state index contributed by atoms with van der Waals surface area (Å²) in [7, 11) is 0. The van der Waals surface area contributed by atoms with Crippen molar-refractivity contribution in [2.24, 2.45) is 0 Å². The van der Waals surface area contributed by atoms with E-state index in [0.29, 0.717) is 16.5 Å². The van der Waals surface area contributed by atoms with Crippen LogP contribution in [0.5, 0.6) is 0 Å². The molecule has 0 aliphatic carbocycles. The molecule has 5 nitrogen and oxygen atoms in total. The minimum atomic E-state index is -0.537. The zero-order chi connectivity index (χ0) is 14.5. The number of amides is 2. The first kappa shape index (κ1) is 14.3. The molecular weight excluding hydrogens is 278 g/mol. The van der Waals surface area contributed by atoms with Crippen molar-refractivity contribution >= 4 is 29.1 Å². The molecule has 0 radical (unpaired) electrons. The fraction of sp³-hybridized carbons (Fsp3) is 0.143. The number of anilines is 2. The van der Waals surface area contributed by atoms with Crippen LogP contribution < -0.4 is 10.6 Å². The standard InChI is InChI=1S/C14H14ClN3O2/c1-9(19)10-4-6-11(7-5-10)17-14(20)18-13-12(15)3-2-8-16-13/h2-9,19H,1H3,(H2,16,17,18,20). The number of rotatable bonds is 3. The summed E-state index contributed by atoms with van der Waals surface area (Å²) in [6.07, 6.45) is 1.00. The molecule has 1 heterocycles. The topological polar surface area (TPSA) is 74.2 Å². The van der Waals surface area contributed by atoms with Gasteiger partial charge in [0.15, 0.2) is 5.82 Å². The van der Waals surface area contributed by atoms with E-state index in [9.17, 15) is 9.90 Å². The highest BCUT2D eigenvalue weighted by Gasteiger charge is 2.07. The normalized spacial score (nSPS) is 11.8. The second-order valence-electron chi connectivity index (χ2n) is 4.21. The third-order valence-corrected chi connectivity index (χ3v) is 2.95. The minimum Gasteiger partial charge on any atom is -0.389 e. The van der Waals surface area contributed by atoms with Gasteiger partial charge < -0.3 is 10.4 Å². The number of hydrogen-bond donors (Lipinski definition) is 3. The van der Waals surface area contributed by atoms with Crippen molar-refractivity contribution < 1.29 is 9.90 Å². The SMILES string of the molecule is CC(O)c1ccc(NC(=O)Nc2ncccc2Cl)cc1. The lowest BCUT2D eigenvalue weighted by Gasteiger charge is -2.09. The molecule has 20 heavy (non-hydrogen) atoms. The number of pyridine rings is 1. The third-order valence-electron chi connectivity index (χ3n) is 2.64. The second-order valence-corrected chi connectivity index (χ2v) is 4.62. The average molecular weight is 292 g/mol. The molecule has 2 amide bonds. The van der Waals surface area contributed by atoms with Gasteiger partial charge in [-0.2, -0.15) is 0 Å². The molecule has 0 aliphatic rings. The molecule has 104 valence electrons. The molecular formula is C14H14ClN3O2. The summed E-state index contributed by atoms with van der Waals surface area (Å²) in [4.78, 5) is 15.7. The monoisotopic (exact) mass is 291 g/mol. The van der Waals surface area contributed by atoms with Crippen molar-refractivity contribution in [3.63, 3.8) is 0 Å². The highest BCUT2D eigenvalue weighted by Crippen LogP contribution is 2.18. The number of carbonyl (C=O) groups excluding carboxylic acids is 1. The fourth-order valence-corrected chi connectivity index (χ4v) is 1.76. The summed E-state index contributed by atoms with van der Waals surface area (Å²) in [5, 5.41) is 15.0. The summed E-state index contributed by atoms with van der Waals surface area (Å²) in [6.45, 7) is 1.68. The van der Waals surface area contributed by atoms with E-state index < -0.39 is 12.1 Å². The Morgan fingerprint density at radius 2 is 1.95 bits per heavy atom. The second kappa shape index (κ2) is 6.36. The third kappa shape index (κ3) is 3.69. The molecule has 2 rings (SSSR count). The molecule has 1 aromatic heterocycles. The Morgan fingerprint density at radius 3 is 2.55 bits per heavy atom. The molecule has 0 saturated carbocycles. The first-order valence-electron chi connectivity index (χ1n) is 6.03. The molecule has 0 aliphatic heterocycles. The number of urea groups is 1. The van der Waals surface area contributed by atoms with Crippen LogP contribution in [0.2, 0.25) is 5.02 Å². The van der Waals surface area contributed by atoms with E-state index in [2.05, 4.69) is 15.6 Å². The number of carbonyl (C=O) groups is 1. The van der Waals surface area contributed by atoms with E-state index in [-0.39, 0.29) is 0 Å². The van der Waals surface area contributed by atoms with Gasteiger partial charge in [0, 0.05) is 11.9 Å². The maximum Gasteiger partial charge on any atom is 0.324 e. The first-order chi connectivity index (χ1) is 9.56. The smallest absolute Gasteiger partial charge is 0.324 e. The van der Waals surface area contributed by atoms with Gasteiger partial charge in [-0.15, -0.1) is 0 Å². The lowest BCUT2D eigenvalue weighted by Crippen LogP contribution is -2.20. The zero-order valence-corrected chi connectivity index (χ0v) is 11.6. The van der Waals surface area contributed by atoms with Gasteiger partial charge in [0.05, 0.1) is 11.1 Å². The van der Waals surface area contributed by atoms with E-state index >= 15 is 0 Å². The molecule has 1 atom stereocenters. The molecule has 1 unspecified atom stereocenters. The van der Waals surface area contributed by atoms with Crippen LogP contribution in [-0.4, -0.2) is 16.1 Å². The number of benzene rings is 1. The summed E-state index contributed by atoms with van der Waals surface area (Å²) in [5.41, 5.74) is 1.39. The number of aromatic nitrogens is 1. The number of nitrogens with one attached hydrogen (secondary N) is 2. The number of hydrogen-bond acceptors (Lipinski definition) is 3. The van der Waals surface area contributed by atoms with Gasteiger partial charge in [0.2, 0.25) is 0 Å². The van der Waals surface area contributed by atoms with Gasteiger partial charge >= 0.3 is 6.03 Å². The number of nitrogens with zero attached hydrogens (tertiary/aromatic N) is 1. The predicted molar refractivity (Wildman–Crippen MR) is 79.0 cm³/mol. The van der Waals surface area contributed by atoms with Crippen LogP contribution in [0.3, 0.4) is 0 Å². The Bertz CT molecular complexity index is 600. The van der Waals surface area contributed by atoms with E-state index in [0.717, 1.165) is 5.56 Å². The quantitative estimate of drug-likeness (QED) is 0.811. The van der Waals surface area contributed by atoms with Gasteiger partial charge in [0.25, 0.3) is 0 Å². The molecule has 0 spiro atoms. The number of halogens is 1. The van der Waals surface area contributed by atoms with Crippen molar-refractivity contribution in [2.75, 3.05) is 10.6 Å². The summed E-state index contributed by atoms with van der Waals surface area (Å²) in [5.74, 6) is 0.298. The van der Waals surface area contributed by atoms with Crippen LogP contribution in [0.15, 0.2) is 42.6 Å². The van der Waals surface area contributed by atoms with Gasteiger partial charge in [-0.3, -0.25) is 5.32 Å². The van der Waals surface area contributed by atoms with Crippen LogP contribution in [0.25, 0.3) is 0 Å². The molecule has 6 heteroatoms. The number of aliphatic hydroxyl groups is 1. The lowest BCUT2D eigenvalue weighted by molar-refractivity contribution is 0.199. The minimum absolute atomic E-state index is 0.298. The Hall–Kier alpha value is -2.11. The van der Waals surface area contributed by atoms with Crippen LogP contribution in [0.4, 0.5) is 16.3 Å². The van der Waals surface area contributed by atoms with E-state index in [1.807, 2.05) is 0 Å². The lowest BCUT2D eigenvalue weighted by atomic mass is 10.1. The summed E-state index contributed by atoms with van der Waals surface area (Å²) in [6, 6.07) is 9.79. The van der Waals surface area contributed by atoms with Crippen molar-refractivity contribution in [3.05, 3.63) is 53.2 Å². The Morgan fingerprint density at radius 1 is 1.25 bits per heavy atom. The van der Waals surface area contributed by atoms with Gasteiger partial charge in [-0.25, -0.2) is 9.78 Å². The summed E-state index contributed by atoms with van der Waals surface area (Å²) >= 11 is 5.89. The molecule has 1 aromatic carbocycles. The summed E-state index contributed by atoms with van der Waals surface area (Å²) < 4.78 is 0. The van der Waals surface area contributed by atoms with Crippen LogP contribution in [0.1, 0.15) is 18.6 Å². The van der Waals surface area contributed by atoms with Gasteiger partial charge in [0.1, 0.15) is 0 Å². The number of aliphatic hydroxyl groups excluding tert-OH is 1. The predicted octanol–water partition coefficient (Wildman–Crippen LogP) is 3.43. The van der Waals surface area contributed by atoms with E-state index in [1.165, 1.54) is 0 Å².